The first kappa shape index (κ1) is 25.8. The first-order valence-electron chi connectivity index (χ1n) is 11.6. The number of fused-ring (bicyclic) bond motifs is 1. The largest absolute Gasteiger partial charge is 0.469 e. The van der Waals surface area contributed by atoms with E-state index in [4.69, 9.17) is 21.9 Å². The van der Waals surface area contributed by atoms with Gasteiger partial charge in [-0.3, -0.25) is 28.5 Å². The summed E-state index contributed by atoms with van der Waals surface area (Å²) in [5.41, 5.74) is 0.950. The van der Waals surface area contributed by atoms with E-state index in [2.05, 4.69) is 5.32 Å². The molecule has 10 nitrogen and oxygen atoms in total. The van der Waals surface area contributed by atoms with Crippen molar-refractivity contribution in [2.75, 3.05) is 31.6 Å². The summed E-state index contributed by atoms with van der Waals surface area (Å²) in [6.45, 7) is 5.00. The van der Waals surface area contributed by atoms with Crippen molar-refractivity contribution < 1.29 is 19.1 Å². The molecule has 4 rings (SSSR count). The van der Waals surface area contributed by atoms with Gasteiger partial charge in [0.15, 0.2) is 0 Å². The lowest BCUT2D eigenvalue weighted by Gasteiger charge is -2.36. The van der Waals surface area contributed by atoms with E-state index < -0.39 is 12.0 Å². The van der Waals surface area contributed by atoms with E-state index in [9.17, 15) is 19.2 Å². The Kier molecular flexibility index (Phi) is 7.74. The van der Waals surface area contributed by atoms with Gasteiger partial charge in [0.05, 0.1) is 24.0 Å². The predicted octanol–water partition coefficient (Wildman–Crippen LogP) is 1.87. The van der Waals surface area contributed by atoms with E-state index in [1.165, 1.54) is 17.6 Å². The number of anilines is 1. The lowest BCUT2D eigenvalue weighted by molar-refractivity contribution is -0.143. The average molecular weight is 530 g/mol. The Morgan fingerprint density at radius 2 is 2.14 bits per heavy atom. The van der Waals surface area contributed by atoms with Crippen LogP contribution in [0.3, 0.4) is 0 Å². The molecule has 1 N–H and O–H groups in total. The molecule has 4 heterocycles. The van der Waals surface area contributed by atoms with Crippen molar-refractivity contribution >= 4 is 63.6 Å². The highest BCUT2D eigenvalue weighted by molar-refractivity contribution is 8.26. The van der Waals surface area contributed by atoms with Gasteiger partial charge in [-0.25, -0.2) is 4.98 Å². The smallest absolute Gasteiger partial charge is 0.308 e. The number of amides is 2. The Morgan fingerprint density at radius 1 is 1.36 bits per heavy atom. The summed E-state index contributed by atoms with van der Waals surface area (Å²) in [7, 11) is 1.25. The molecule has 2 aromatic heterocycles. The number of hydrogen-bond acceptors (Lipinski definition) is 9. The number of ether oxygens (including phenoxy) is 1. The second-order valence-electron chi connectivity index (χ2n) is 8.51. The first-order valence-corrected chi connectivity index (χ1v) is 12.9. The summed E-state index contributed by atoms with van der Waals surface area (Å²) in [6.07, 6.45) is 4.62. The maximum Gasteiger partial charge on any atom is 0.308 e. The van der Waals surface area contributed by atoms with Crippen molar-refractivity contribution in [1.82, 2.24) is 19.6 Å². The van der Waals surface area contributed by atoms with Crippen molar-refractivity contribution in [3.05, 3.63) is 44.7 Å². The molecular formula is C24H27N5O5S2. The van der Waals surface area contributed by atoms with Gasteiger partial charge >= 0.3 is 5.97 Å². The molecular weight excluding hydrogens is 502 g/mol. The number of carbonyl (C=O) groups is 3. The Labute approximate surface area is 217 Å². The summed E-state index contributed by atoms with van der Waals surface area (Å²) in [4.78, 5) is 60.0. The van der Waals surface area contributed by atoms with Crippen LogP contribution < -0.4 is 15.8 Å². The summed E-state index contributed by atoms with van der Waals surface area (Å²) < 4.78 is 6.65. The summed E-state index contributed by atoms with van der Waals surface area (Å²) in [5.74, 6) is -0.957. The van der Waals surface area contributed by atoms with Crippen molar-refractivity contribution in [1.29, 1.82) is 0 Å². The number of nitrogens with zero attached hydrogens (tertiary/aromatic N) is 4. The molecule has 0 aliphatic carbocycles. The molecule has 36 heavy (non-hydrogen) atoms. The summed E-state index contributed by atoms with van der Waals surface area (Å²) in [5, 5.41) is 2.76. The molecule has 2 fully saturated rings. The molecule has 0 radical (unpaired) electrons. The number of aryl methyl sites for hydroxylation is 1. The number of hydrogen-bond donors (Lipinski definition) is 1. The van der Waals surface area contributed by atoms with Crippen LogP contribution in [0, 0.1) is 6.92 Å². The van der Waals surface area contributed by atoms with E-state index in [1.54, 1.807) is 22.1 Å². The van der Waals surface area contributed by atoms with Crippen LogP contribution in [0.25, 0.3) is 11.7 Å². The van der Waals surface area contributed by atoms with Gasteiger partial charge in [0.2, 0.25) is 5.91 Å². The highest BCUT2D eigenvalue weighted by atomic mass is 32.2. The Hall–Kier alpha value is -3.25. The number of aromatic nitrogens is 2. The van der Waals surface area contributed by atoms with Gasteiger partial charge in [-0.2, -0.15) is 0 Å². The SMILES string of the molecule is CCCCN1C(=O)/C(=C/c2c(N3CCNC(=O)[C@H]3CC(=O)OC)nc3c(C)cccn3c2=O)SC1=S. The van der Waals surface area contributed by atoms with E-state index in [0.29, 0.717) is 34.5 Å². The molecule has 1 atom stereocenters. The van der Waals surface area contributed by atoms with Crippen LogP contribution in [0.4, 0.5) is 5.82 Å². The standard InChI is InChI=1S/C24H27N5O5S2/c1-4-5-9-29-23(33)17(36-24(29)35)12-15-20(26-19-14(2)7-6-10-28(19)22(15)32)27-11-8-25-21(31)16(27)13-18(30)34-3/h6-7,10,12,16H,4-5,8-9,11,13H2,1-3H3,(H,25,31)/b17-12-/t16-/m1/s1. The average Bonchev–Trinajstić information content (AvgIpc) is 3.13. The minimum Gasteiger partial charge on any atom is -0.469 e. The zero-order valence-corrected chi connectivity index (χ0v) is 21.9. The number of rotatable bonds is 7. The molecule has 0 saturated carbocycles. The fraction of sp³-hybridized carbons (Fsp3) is 0.417. The van der Waals surface area contributed by atoms with Gasteiger partial charge < -0.3 is 15.0 Å². The van der Waals surface area contributed by atoms with Crippen LogP contribution >= 0.6 is 24.0 Å². The minimum atomic E-state index is -0.921. The van der Waals surface area contributed by atoms with Crippen LogP contribution in [0.2, 0.25) is 0 Å². The molecule has 2 aliphatic rings. The molecule has 0 aromatic carbocycles. The molecule has 2 aliphatic heterocycles. The Morgan fingerprint density at radius 3 is 2.86 bits per heavy atom. The Bertz CT molecular complexity index is 1340. The second-order valence-corrected chi connectivity index (χ2v) is 10.2. The normalized spacial score (nSPS) is 19.4. The maximum atomic E-state index is 13.7. The molecule has 2 saturated heterocycles. The molecule has 0 unspecified atom stereocenters. The fourth-order valence-electron chi connectivity index (χ4n) is 4.20. The van der Waals surface area contributed by atoms with Crippen molar-refractivity contribution in [3.63, 3.8) is 0 Å². The molecule has 190 valence electrons. The first-order chi connectivity index (χ1) is 17.3. The summed E-state index contributed by atoms with van der Waals surface area (Å²) >= 11 is 6.55. The van der Waals surface area contributed by atoms with Gasteiger partial charge in [0, 0.05) is 25.8 Å². The quantitative estimate of drug-likeness (QED) is 0.326. The van der Waals surface area contributed by atoms with E-state index >= 15 is 0 Å². The zero-order chi connectivity index (χ0) is 26.0. The highest BCUT2D eigenvalue weighted by Crippen LogP contribution is 2.34. The topological polar surface area (TPSA) is 113 Å². The molecule has 2 aromatic rings. The van der Waals surface area contributed by atoms with Gasteiger partial charge in [-0.15, -0.1) is 0 Å². The lowest BCUT2D eigenvalue weighted by atomic mass is 10.1. The predicted molar refractivity (Wildman–Crippen MR) is 142 cm³/mol. The molecule has 12 heteroatoms. The molecule has 0 bridgehead atoms. The lowest BCUT2D eigenvalue weighted by Crippen LogP contribution is -2.57. The highest BCUT2D eigenvalue weighted by Gasteiger charge is 2.36. The van der Waals surface area contributed by atoms with Crippen molar-refractivity contribution in [3.8, 4) is 0 Å². The Balaban J connectivity index is 1.89. The second kappa shape index (κ2) is 10.8. The molecule has 2 amide bonds. The maximum absolute atomic E-state index is 13.7. The number of thiocarbonyl (C=S) groups is 1. The number of unbranched alkanes of at least 4 members (excludes halogenated alkanes) is 1. The third-order valence-corrected chi connectivity index (χ3v) is 7.52. The molecule has 0 spiro atoms. The number of thioether (sulfide) groups is 1. The third-order valence-electron chi connectivity index (χ3n) is 6.14. The van der Waals surface area contributed by atoms with Gasteiger partial charge in [-0.05, 0) is 31.1 Å². The van der Waals surface area contributed by atoms with Crippen LogP contribution in [0.15, 0.2) is 28.0 Å². The van der Waals surface area contributed by atoms with Crippen molar-refractivity contribution in [2.24, 2.45) is 0 Å². The number of methoxy groups -OCH3 is 1. The van der Waals surface area contributed by atoms with E-state index in [0.717, 1.165) is 30.2 Å². The summed E-state index contributed by atoms with van der Waals surface area (Å²) in [6, 6.07) is 2.66. The number of carbonyl (C=O) groups excluding carboxylic acids is 3. The third kappa shape index (κ3) is 4.87. The van der Waals surface area contributed by atoms with E-state index in [-0.39, 0.29) is 35.2 Å². The van der Waals surface area contributed by atoms with Gasteiger partial charge in [-0.1, -0.05) is 43.4 Å². The van der Waals surface area contributed by atoms with Gasteiger partial charge in [0.1, 0.15) is 21.8 Å². The van der Waals surface area contributed by atoms with Crippen LogP contribution in [-0.4, -0.2) is 69.2 Å². The van der Waals surface area contributed by atoms with Crippen LogP contribution in [-0.2, 0) is 19.1 Å². The monoisotopic (exact) mass is 529 g/mol. The number of nitrogens with one attached hydrogen (secondary N) is 1. The van der Waals surface area contributed by atoms with Crippen LogP contribution in [0.5, 0.6) is 0 Å². The number of esters is 1. The number of piperazine rings is 1. The van der Waals surface area contributed by atoms with Crippen LogP contribution in [0.1, 0.15) is 37.3 Å². The minimum absolute atomic E-state index is 0.152. The van der Waals surface area contributed by atoms with Gasteiger partial charge in [0.25, 0.3) is 11.5 Å². The fourth-order valence-corrected chi connectivity index (χ4v) is 5.49. The number of pyridine rings is 1. The zero-order valence-electron chi connectivity index (χ0n) is 20.3. The van der Waals surface area contributed by atoms with E-state index in [1.807, 2.05) is 19.9 Å². The van der Waals surface area contributed by atoms with Crippen molar-refractivity contribution in [2.45, 2.75) is 39.2 Å².